The second-order valence-electron chi connectivity index (χ2n) is 6.73. The molecule has 0 aromatic heterocycles. The SMILES string of the molecule is CCCCOc1ccc(CCN=C(N)NC2CCOc3ccccc32)cc1.I. The summed E-state index contributed by atoms with van der Waals surface area (Å²) in [6.45, 7) is 4.28. The Morgan fingerprint density at radius 1 is 1.21 bits per heavy atom. The molecule has 0 amide bonds. The molecule has 0 aliphatic carbocycles. The van der Waals surface area contributed by atoms with Gasteiger partial charge in [0.05, 0.1) is 19.3 Å². The van der Waals surface area contributed by atoms with Crippen LogP contribution in [0.3, 0.4) is 0 Å². The first-order valence-electron chi connectivity index (χ1n) is 9.76. The normalized spacial score (nSPS) is 15.8. The van der Waals surface area contributed by atoms with Crippen molar-refractivity contribution in [2.24, 2.45) is 10.7 Å². The Hall–Kier alpha value is -1.96. The Morgan fingerprint density at radius 3 is 2.79 bits per heavy atom. The van der Waals surface area contributed by atoms with Gasteiger partial charge in [0.1, 0.15) is 11.5 Å². The van der Waals surface area contributed by atoms with Gasteiger partial charge in [-0.3, -0.25) is 4.99 Å². The molecule has 0 fully saturated rings. The van der Waals surface area contributed by atoms with Gasteiger partial charge in [0, 0.05) is 18.5 Å². The fraction of sp³-hybridized carbons (Fsp3) is 0.409. The monoisotopic (exact) mass is 495 g/mol. The lowest BCUT2D eigenvalue weighted by Gasteiger charge is -2.26. The van der Waals surface area contributed by atoms with Crippen LogP contribution >= 0.6 is 24.0 Å². The van der Waals surface area contributed by atoms with Gasteiger partial charge in [-0.2, -0.15) is 0 Å². The zero-order valence-corrected chi connectivity index (χ0v) is 18.7. The molecule has 0 saturated heterocycles. The molecule has 6 heteroatoms. The van der Waals surface area contributed by atoms with E-state index >= 15 is 0 Å². The van der Waals surface area contributed by atoms with E-state index in [2.05, 4.69) is 35.4 Å². The summed E-state index contributed by atoms with van der Waals surface area (Å²) in [5, 5.41) is 3.33. The summed E-state index contributed by atoms with van der Waals surface area (Å²) in [5.41, 5.74) is 8.46. The van der Waals surface area contributed by atoms with E-state index in [1.807, 2.05) is 30.3 Å². The number of para-hydroxylation sites is 1. The second kappa shape index (κ2) is 11.8. The van der Waals surface area contributed by atoms with E-state index in [0.717, 1.165) is 49.4 Å². The number of hydrogen-bond donors (Lipinski definition) is 2. The Balaban J connectivity index is 0.00000280. The molecular formula is C22H30IN3O2. The highest BCUT2D eigenvalue weighted by Crippen LogP contribution is 2.31. The van der Waals surface area contributed by atoms with Crippen LogP contribution in [0.1, 0.15) is 43.4 Å². The molecule has 3 rings (SSSR count). The highest BCUT2D eigenvalue weighted by Gasteiger charge is 2.21. The molecule has 5 nitrogen and oxygen atoms in total. The molecule has 2 aromatic carbocycles. The number of benzene rings is 2. The Kier molecular flexibility index (Phi) is 9.40. The van der Waals surface area contributed by atoms with Gasteiger partial charge >= 0.3 is 0 Å². The predicted octanol–water partition coefficient (Wildman–Crippen LogP) is 4.45. The van der Waals surface area contributed by atoms with Crippen LogP contribution < -0.4 is 20.5 Å². The average Bonchev–Trinajstić information content (AvgIpc) is 2.70. The fourth-order valence-corrected chi connectivity index (χ4v) is 3.11. The van der Waals surface area contributed by atoms with Gasteiger partial charge in [0.15, 0.2) is 5.96 Å². The van der Waals surface area contributed by atoms with Crippen molar-refractivity contribution >= 4 is 29.9 Å². The van der Waals surface area contributed by atoms with E-state index in [1.165, 1.54) is 5.56 Å². The van der Waals surface area contributed by atoms with Crippen LogP contribution in [0, 0.1) is 0 Å². The summed E-state index contributed by atoms with van der Waals surface area (Å²) in [7, 11) is 0. The van der Waals surface area contributed by atoms with Crippen molar-refractivity contribution in [2.75, 3.05) is 19.8 Å². The van der Waals surface area contributed by atoms with Crippen molar-refractivity contribution in [1.29, 1.82) is 0 Å². The Labute approximate surface area is 184 Å². The standard InChI is InChI=1S/C22H29N3O2.HI/c1-2-3-15-26-18-10-8-17(9-11-18)12-14-24-22(23)25-20-13-16-27-21-7-5-4-6-19(20)21;/h4-11,20H,2-3,12-16H2,1H3,(H3,23,24,25);1H. The van der Waals surface area contributed by atoms with Crippen molar-refractivity contribution in [2.45, 2.75) is 38.6 Å². The van der Waals surface area contributed by atoms with E-state index in [1.54, 1.807) is 0 Å². The molecule has 0 saturated carbocycles. The Morgan fingerprint density at radius 2 is 2.00 bits per heavy atom. The number of unbranched alkanes of at least 4 members (excludes halogenated alkanes) is 1. The van der Waals surface area contributed by atoms with Crippen molar-refractivity contribution in [3.8, 4) is 11.5 Å². The van der Waals surface area contributed by atoms with Gasteiger partial charge in [-0.25, -0.2) is 0 Å². The fourth-order valence-electron chi connectivity index (χ4n) is 3.11. The first kappa shape index (κ1) is 22.3. The molecule has 0 radical (unpaired) electrons. The minimum atomic E-state index is 0. The Bertz CT molecular complexity index is 750. The van der Waals surface area contributed by atoms with Crippen molar-refractivity contribution in [1.82, 2.24) is 5.32 Å². The lowest BCUT2D eigenvalue weighted by Crippen LogP contribution is -2.37. The largest absolute Gasteiger partial charge is 0.494 e. The van der Waals surface area contributed by atoms with Crippen molar-refractivity contribution in [3.05, 3.63) is 59.7 Å². The average molecular weight is 495 g/mol. The van der Waals surface area contributed by atoms with Crippen LogP contribution in [0.25, 0.3) is 0 Å². The van der Waals surface area contributed by atoms with Crippen LogP contribution in [0.4, 0.5) is 0 Å². The van der Waals surface area contributed by atoms with E-state index in [0.29, 0.717) is 19.1 Å². The number of fused-ring (bicyclic) bond motifs is 1. The number of rotatable bonds is 8. The predicted molar refractivity (Wildman–Crippen MR) is 125 cm³/mol. The van der Waals surface area contributed by atoms with Gasteiger partial charge in [-0.15, -0.1) is 24.0 Å². The minimum absolute atomic E-state index is 0. The van der Waals surface area contributed by atoms with Crippen LogP contribution in [-0.2, 0) is 6.42 Å². The lowest BCUT2D eigenvalue weighted by molar-refractivity contribution is 0.262. The number of nitrogens with two attached hydrogens (primary N) is 1. The lowest BCUT2D eigenvalue weighted by atomic mass is 10.0. The van der Waals surface area contributed by atoms with Crippen LogP contribution in [0.15, 0.2) is 53.5 Å². The number of guanidine groups is 1. The van der Waals surface area contributed by atoms with E-state index < -0.39 is 0 Å². The molecule has 0 spiro atoms. The van der Waals surface area contributed by atoms with E-state index in [-0.39, 0.29) is 30.0 Å². The van der Waals surface area contributed by atoms with Gasteiger partial charge in [0.25, 0.3) is 0 Å². The first-order chi connectivity index (χ1) is 13.3. The molecule has 3 N–H and O–H groups in total. The maximum atomic E-state index is 6.10. The summed E-state index contributed by atoms with van der Waals surface area (Å²) in [4.78, 5) is 4.48. The third-order valence-electron chi connectivity index (χ3n) is 4.65. The maximum absolute atomic E-state index is 6.10. The molecule has 1 aliphatic heterocycles. The van der Waals surface area contributed by atoms with Crippen LogP contribution in [0.2, 0.25) is 0 Å². The molecule has 152 valence electrons. The highest BCUT2D eigenvalue weighted by atomic mass is 127. The number of aliphatic imine (C=N–C) groups is 1. The minimum Gasteiger partial charge on any atom is -0.494 e. The van der Waals surface area contributed by atoms with Gasteiger partial charge in [0.2, 0.25) is 0 Å². The zero-order valence-electron chi connectivity index (χ0n) is 16.4. The summed E-state index contributed by atoms with van der Waals surface area (Å²) in [6, 6.07) is 16.5. The molecule has 0 bridgehead atoms. The number of nitrogens with one attached hydrogen (secondary N) is 1. The van der Waals surface area contributed by atoms with Crippen molar-refractivity contribution in [3.63, 3.8) is 0 Å². The third kappa shape index (κ3) is 6.58. The van der Waals surface area contributed by atoms with Crippen LogP contribution in [-0.4, -0.2) is 25.7 Å². The van der Waals surface area contributed by atoms with Crippen molar-refractivity contribution < 1.29 is 9.47 Å². The highest BCUT2D eigenvalue weighted by molar-refractivity contribution is 14.0. The maximum Gasteiger partial charge on any atom is 0.189 e. The van der Waals surface area contributed by atoms with Gasteiger partial charge in [-0.05, 0) is 36.6 Å². The number of halogens is 1. The molecule has 1 heterocycles. The van der Waals surface area contributed by atoms with Gasteiger partial charge < -0.3 is 20.5 Å². The van der Waals surface area contributed by atoms with Gasteiger partial charge in [-0.1, -0.05) is 43.7 Å². The summed E-state index contributed by atoms with van der Waals surface area (Å²) in [6.07, 6.45) is 3.96. The number of hydrogen-bond acceptors (Lipinski definition) is 3. The molecule has 1 aliphatic rings. The molecule has 1 atom stereocenters. The van der Waals surface area contributed by atoms with E-state index in [4.69, 9.17) is 15.2 Å². The summed E-state index contributed by atoms with van der Waals surface area (Å²) in [5.74, 6) is 2.33. The molecule has 1 unspecified atom stereocenters. The van der Waals surface area contributed by atoms with Crippen LogP contribution in [0.5, 0.6) is 11.5 Å². The third-order valence-corrected chi connectivity index (χ3v) is 4.65. The molecule has 2 aromatic rings. The quantitative estimate of drug-likeness (QED) is 0.246. The number of nitrogens with zero attached hydrogens (tertiary/aromatic N) is 1. The van der Waals surface area contributed by atoms with E-state index in [9.17, 15) is 0 Å². The number of ether oxygens (including phenoxy) is 2. The topological polar surface area (TPSA) is 68.9 Å². The first-order valence-corrected chi connectivity index (χ1v) is 9.76. The second-order valence-corrected chi connectivity index (χ2v) is 6.73. The smallest absolute Gasteiger partial charge is 0.189 e. The summed E-state index contributed by atoms with van der Waals surface area (Å²) >= 11 is 0. The zero-order chi connectivity index (χ0) is 18.9. The summed E-state index contributed by atoms with van der Waals surface area (Å²) < 4.78 is 11.4. The molecular weight excluding hydrogens is 465 g/mol. The molecule has 28 heavy (non-hydrogen) atoms.